The highest BCUT2D eigenvalue weighted by Gasteiger charge is 2.17. The molecule has 1 N–H and O–H groups in total. The van der Waals surface area contributed by atoms with Crippen molar-refractivity contribution in [1.82, 2.24) is 9.13 Å². The smallest absolute Gasteiger partial charge is 0.298 e. The van der Waals surface area contributed by atoms with Crippen LogP contribution in [0.5, 0.6) is 5.75 Å². The number of hydrogen-bond donors (Lipinski definition) is 1. The largest absolute Gasteiger partial charge is 0.429 e. The van der Waals surface area contributed by atoms with E-state index in [1.54, 1.807) is 29.0 Å². The second kappa shape index (κ2) is 7.80. The zero-order valence-electron chi connectivity index (χ0n) is 18.0. The number of nitrogens with zero attached hydrogens (tertiary/aromatic N) is 2. The number of carbonyl (C=O) groups is 2. The van der Waals surface area contributed by atoms with E-state index in [1.807, 2.05) is 42.1 Å². The molecule has 4 rings (SSSR count). The Bertz CT molecular complexity index is 1260. The van der Waals surface area contributed by atoms with E-state index in [4.69, 9.17) is 4.74 Å². The fourth-order valence-electron chi connectivity index (χ4n) is 3.66. The van der Waals surface area contributed by atoms with Crippen molar-refractivity contribution in [2.45, 2.75) is 26.3 Å². The molecule has 0 aliphatic rings. The predicted molar refractivity (Wildman–Crippen MR) is 123 cm³/mol. The van der Waals surface area contributed by atoms with Crippen molar-refractivity contribution in [3.05, 3.63) is 72.7 Å². The van der Waals surface area contributed by atoms with Crippen LogP contribution >= 0.6 is 0 Å². The number of carbonyl (C=O) groups excluding carboxylic acids is 2. The molecule has 0 bridgehead atoms. The van der Waals surface area contributed by atoms with Gasteiger partial charge in [0.25, 0.3) is 12.4 Å². The normalized spacial score (nSPS) is 11.5. The summed E-state index contributed by atoms with van der Waals surface area (Å²) in [4.78, 5) is 23.8. The number of anilines is 1. The second-order valence-corrected chi connectivity index (χ2v) is 8.60. The van der Waals surface area contributed by atoms with Gasteiger partial charge in [-0.05, 0) is 68.8 Å². The van der Waals surface area contributed by atoms with Crippen LogP contribution in [0.25, 0.3) is 22.0 Å². The highest BCUT2D eigenvalue weighted by Crippen LogP contribution is 2.27. The third-order valence-corrected chi connectivity index (χ3v) is 5.03. The Morgan fingerprint density at radius 3 is 2.42 bits per heavy atom. The number of ether oxygens (including phenoxy) is 1. The SMILES string of the molecule is Cn1cc(-c2ccc(NC(C)(C)C)cc2)cc1C(=O)n1ccc2cc(OC=O)ccc21. The fourth-order valence-corrected chi connectivity index (χ4v) is 3.66. The topological polar surface area (TPSA) is 65.3 Å². The summed E-state index contributed by atoms with van der Waals surface area (Å²) in [5.74, 6) is 0.317. The van der Waals surface area contributed by atoms with E-state index in [9.17, 15) is 9.59 Å². The lowest BCUT2D eigenvalue weighted by molar-refractivity contribution is -0.120. The van der Waals surface area contributed by atoms with Crippen molar-refractivity contribution in [3.8, 4) is 16.9 Å². The molecule has 6 heteroatoms. The molecule has 6 nitrogen and oxygen atoms in total. The van der Waals surface area contributed by atoms with Crippen LogP contribution in [0.4, 0.5) is 5.69 Å². The molecule has 2 aromatic heterocycles. The summed E-state index contributed by atoms with van der Waals surface area (Å²) in [5.41, 5.74) is 4.41. The number of fused-ring (bicyclic) bond motifs is 1. The van der Waals surface area contributed by atoms with E-state index in [0.29, 0.717) is 17.9 Å². The number of benzene rings is 2. The van der Waals surface area contributed by atoms with Gasteiger partial charge in [-0.15, -0.1) is 0 Å². The van der Waals surface area contributed by atoms with E-state index in [1.165, 1.54) is 0 Å². The van der Waals surface area contributed by atoms with Crippen LogP contribution in [0.3, 0.4) is 0 Å². The van der Waals surface area contributed by atoms with Gasteiger partial charge in [0.2, 0.25) is 0 Å². The summed E-state index contributed by atoms with van der Waals surface area (Å²) in [6.45, 7) is 6.76. The standard InChI is InChI=1S/C25H25N3O3/c1-25(2,3)26-20-7-5-17(6-8-20)19-14-23(27(4)15-19)24(30)28-12-11-18-13-21(31-16-29)9-10-22(18)28/h5-16,26H,1-4H3. The molecule has 0 atom stereocenters. The average Bonchev–Trinajstić information content (AvgIpc) is 3.30. The van der Waals surface area contributed by atoms with Crippen LogP contribution in [0.15, 0.2) is 67.0 Å². The van der Waals surface area contributed by atoms with Crippen LogP contribution in [-0.4, -0.2) is 27.1 Å². The van der Waals surface area contributed by atoms with Gasteiger partial charge in [0.05, 0.1) is 5.52 Å². The molecule has 4 aromatic rings. The number of aromatic nitrogens is 2. The van der Waals surface area contributed by atoms with Gasteiger partial charge in [0.15, 0.2) is 0 Å². The van der Waals surface area contributed by atoms with E-state index in [2.05, 4.69) is 38.2 Å². The molecule has 0 saturated carbocycles. The molecule has 0 amide bonds. The number of rotatable bonds is 5. The number of hydrogen-bond acceptors (Lipinski definition) is 4. The van der Waals surface area contributed by atoms with Crippen LogP contribution in [-0.2, 0) is 11.8 Å². The average molecular weight is 415 g/mol. The van der Waals surface area contributed by atoms with Crippen molar-refractivity contribution in [1.29, 1.82) is 0 Å². The van der Waals surface area contributed by atoms with Crippen LogP contribution in [0.2, 0.25) is 0 Å². The highest BCUT2D eigenvalue weighted by molar-refractivity contribution is 6.02. The molecule has 2 aromatic carbocycles. The summed E-state index contributed by atoms with van der Waals surface area (Å²) >= 11 is 0. The Kier molecular flexibility index (Phi) is 5.15. The summed E-state index contributed by atoms with van der Waals surface area (Å²) < 4.78 is 8.34. The van der Waals surface area contributed by atoms with Gasteiger partial charge in [-0.2, -0.15) is 0 Å². The molecule has 0 spiro atoms. The minimum atomic E-state index is -0.126. The van der Waals surface area contributed by atoms with Gasteiger partial charge >= 0.3 is 0 Å². The van der Waals surface area contributed by atoms with E-state index in [0.717, 1.165) is 27.7 Å². The molecule has 0 radical (unpaired) electrons. The first-order valence-corrected chi connectivity index (χ1v) is 10.1. The maximum absolute atomic E-state index is 13.3. The number of aryl methyl sites for hydroxylation is 1. The van der Waals surface area contributed by atoms with E-state index >= 15 is 0 Å². The third-order valence-electron chi connectivity index (χ3n) is 5.03. The molecular formula is C25H25N3O3. The Morgan fingerprint density at radius 2 is 1.74 bits per heavy atom. The first-order valence-electron chi connectivity index (χ1n) is 10.1. The molecule has 31 heavy (non-hydrogen) atoms. The minimum Gasteiger partial charge on any atom is -0.429 e. The van der Waals surface area contributed by atoms with E-state index < -0.39 is 0 Å². The lowest BCUT2D eigenvalue weighted by Crippen LogP contribution is -2.25. The molecule has 2 heterocycles. The predicted octanol–water partition coefficient (Wildman–Crippen LogP) is 5.08. The highest BCUT2D eigenvalue weighted by atomic mass is 16.5. The minimum absolute atomic E-state index is 0.00643. The van der Waals surface area contributed by atoms with Gasteiger partial charge in [-0.1, -0.05) is 12.1 Å². The van der Waals surface area contributed by atoms with Crippen molar-refractivity contribution in [2.75, 3.05) is 5.32 Å². The monoisotopic (exact) mass is 415 g/mol. The lowest BCUT2D eigenvalue weighted by Gasteiger charge is -2.22. The quantitative estimate of drug-likeness (QED) is 0.462. The molecule has 158 valence electrons. The Labute approximate surface area is 181 Å². The maximum atomic E-state index is 13.3. The maximum Gasteiger partial charge on any atom is 0.298 e. The van der Waals surface area contributed by atoms with Crippen molar-refractivity contribution in [2.24, 2.45) is 7.05 Å². The van der Waals surface area contributed by atoms with Gasteiger partial charge in [0, 0.05) is 41.6 Å². The summed E-state index contributed by atoms with van der Waals surface area (Å²) in [7, 11) is 1.87. The Balaban J connectivity index is 1.62. The first kappa shape index (κ1) is 20.5. The molecule has 0 aliphatic carbocycles. The second-order valence-electron chi connectivity index (χ2n) is 8.60. The Hall–Kier alpha value is -3.80. The zero-order chi connectivity index (χ0) is 22.2. The van der Waals surface area contributed by atoms with E-state index in [-0.39, 0.29) is 11.4 Å². The van der Waals surface area contributed by atoms with Crippen molar-refractivity contribution in [3.63, 3.8) is 0 Å². The fraction of sp³-hybridized carbons (Fsp3) is 0.200. The lowest BCUT2D eigenvalue weighted by atomic mass is 10.1. The molecule has 0 aliphatic heterocycles. The van der Waals surface area contributed by atoms with Crippen LogP contribution in [0.1, 0.15) is 31.3 Å². The summed E-state index contributed by atoms with van der Waals surface area (Å²) in [6.07, 6.45) is 3.69. The van der Waals surface area contributed by atoms with Crippen LogP contribution < -0.4 is 10.1 Å². The van der Waals surface area contributed by atoms with Gasteiger partial charge in [0.1, 0.15) is 11.4 Å². The first-order chi connectivity index (χ1) is 14.7. The van der Waals surface area contributed by atoms with Gasteiger partial charge in [-0.3, -0.25) is 14.2 Å². The number of nitrogens with one attached hydrogen (secondary N) is 1. The third kappa shape index (κ3) is 4.23. The molecule has 0 fully saturated rings. The van der Waals surface area contributed by atoms with Gasteiger partial charge < -0.3 is 14.6 Å². The Morgan fingerprint density at radius 1 is 1.00 bits per heavy atom. The molecular weight excluding hydrogens is 390 g/mol. The van der Waals surface area contributed by atoms with Gasteiger partial charge in [-0.25, -0.2) is 0 Å². The zero-order valence-corrected chi connectivity index (χ0v) is 18.0. The van der Waals surface area contributed by atoms with Crippen molar-refractivity contribution >= 4 is 29.0 Å². The van der Waals surface area contributed by atoms with Crippen LogP contribution in [0, 0.1) is 0 Å². The molecule has 0 saturated heterocycles. The summed E-state index contributed by atoms with van der Waals surface area (Å²) in [5, 5.41) is 4.27. The molecule has 0 unspecified atom stereocenters. The van der Waals surface area contributed by atoms with Crippen molar-refractivity contribution < 1.29 is 14.3 Å². The summed E-state index contributed by atoms with van der Waals surface area (Å²) in [6, 6.07) is 17.1.